The smallest absolute Gasteiger partial charge is 0.137 e. The second-order valence-electron chi connectivity index (χ2n) is 5.12. The van der Waals surface area contributed by atoms with E-state index in [9.17, 15) is 0 Å². The maximum absolute atomic E-state index is 5.39. The minimum absolute atomic E-state index is 0. The van der Waals surface area contributed by atoms with Crippen LogP contribution >= 0.6 is 12.4 Å². The molecule has 0 bridgehead atoms. The molecule has 0 amide bonds. The van der Waals surface area contributed by atoms with Crippen molar-refractivity contribution >= 4 is 18.1 Å². The Morgan fingerprint density at radius 1 is 1.36 bits per heavy atom. The van der Waals surface area contributed by atoms with Crippen molar-refractivity contribution in [1.82, 2.24) is 5.32 Å². The first-order chi connectivity index (χ1) is 6.17. The average Bonchev–Trinajstić information content (AvgIpc) is 2.49. The van der Waals surface area contributed by atoms with Gasteiger partial charge in [0, 0.05) is 12.3 Å². The summed E-state index contributed by atoms with van der Waals surface area (Å²) in [4.78, 5) is 5.39. The third kappa shape index (κ3) is 1.43. The molecule has 2 heterocycles. The number of piperidine rings is 1. The second kappa shape index (κ2) is 3.11. The van der Waals surface area contributed by atoms with Crippen molar-refractivity contribution in [3.63, 3.8) is 0 Å². The number of halogens is 1. The summed E-state index contributed by atoms with van der Waals surface area (Å²) in [5, 5.41) is 7.62. The number of nitrogens with zero attached hydrogens (tertiary/aromatic N) is 1. The molecule has 14 heavy (non-hydrogen) atoms. The van der Waals surface area contributed by atoms with E-state index in [2.05, 4.69) is 24.3 Å². The zero-order valence-corrected chi connectivity index (χ0v) is 9.43. The zero-order valence-electron chi connectivity index (χ0n) is 8.62. The largest absolute Gasteiger partial charge is 0.389 e. The van der Waals surface area contributed by atoms with Crippen LogP contribution in [-0.2, 0) is 4.84 Å². The van der Waals surface area contributed by atoms with Gasteiger partial charge in [-0.15, -0.1) is 12.4 Å². The van der Waals surface area contributed by atoms with Crippen LogP contribution in [0.4, 0.5) is 0 Å². The highest BCUT2D eigenvalue weighted by atomic mass is 35.5. The fraction of sp³-hybridized carbons (Fsp3) is 0.900. The van der Waals surface area contributed by atoms with Gasteiger partial charge in [-0.1, -0.05) is 5.16 Å². The molecule has 0 aromatic rings. The van der Waals surface area contributed by atoms with Crippen LogP contribution in [0.3, 0.4) is 0 Å². The Hall–Kier alpha value is -0.280. The van der Waals surface area contributed by atoms with E-state index in [-0.39, 0.29) is 18.0 Å². The summed E-state index contributed by atoms with van der Waals surface area (Å²) in [5.74, 6) is 2.50. The van der Waals surface area contributed by atoms with Gasteiger partial charge < -0.3 is 10.2 Å². The van der Waals surface area contributed by atoms with E-state index in [0.29, 0.717) is 0 Å². The lowest BCUT2D eigenvalue weighted by Crippen LogP contribution is -2.22. The lowest BCUT2D eigenvalue weighted by Gasteiger charge is -2.13. The van der Waals surface area contributed by atoms with Crippen molar-refractivity contribution < 1.29 is 4.84 Å². The first-order valence-electron chi connectivity index (χ1n) is 5.13. The van der Waals surface area contributed by atoms with Crippen molar-refractivity contribution in [1.29, 1.82) is 0 Å². The van der Waals surface area contributed by atoms with Gasteiger partial charge in [0.25, 0.3) is 0 Å². The van der Waals surface area contributed by atoms with Crippen molar-refractivity contribution in [3.05, 3.63) is 0 Å². The van der Waals surface area contributed by atoms with E-state index in [1.807, 2.05) is 0 Å². The molecule has 80 valence electrons. The molecule has 3 nitrogen and oxygen atoms in total. The van der Waals surface area contributed by atoms with Crippen LogP contribution in [0.5, 0.6) is 0 Å². The van der Waals surface area contributed by atoms with Crippen LogP contribution in [0.2, 0.25) is 0 Å². The van der Waals surface area contributed by atoms with Gasteiger partial charge in [-0.05, 0) is 38.8 Å². The molecule has 2 unspecified atom stereocenters. The summed E-state index contributed by atoms with van der Waals surface area (Å²) in [7, 11) is 0. The highest BCUT2D eigenvalue weighted by Crippen LogP contribution is 2.51. The number of hydrogen-bond acceptors (Lipinski definition) is 3. The Labute approximate surface area is 90.7 Å². The van der Waals surface area contributed by atoms with E-state index in [4.69, 9.17) is 4.84 Å². The number of hydrogen-bond donors (Lipinski definition) is 1. The van der Waals surface area contributed by atoms with Gasteiger partial charge in [-0.2, -0.15) is 0 Å². The summed E-state index contributed by atoms with van der Waals surface area (Å²) >= 11 is 0. The Kier molecular flexibility index (Phi) is 2.27. The number of nitrogens with one attached hydrogen (secondary N) is 1. The molecule has 2 fully saturated rings. The van der Waals surface area contributed by atoms with Gasteiger partial charge in [0.1, 0.15) is 5.60 Å². The van der Waals surface area contributed by atoms with E-state index in [1.54, 1.807) is 0 Å². The van der Waals surface area contributed by atoms with Crippen molar-refractivity contribution in [2.45, 2.75) is 25.9 Å². The standard InChI is InChI=1S/C10H16N2O.ClH/c1-10(2)3-8(12-13-10)9-6-4-11-5-7(6)9;/h6-7,9,11H,3-5H2,1-2H3;1H. The molecule has 0 aromatic heterocycles. The maximum Gasteiger partial charge on any atom is 0.137 e. The van der Waals surface area contributed by atoms with E-state index in [1.165, 1.54) is 18.8 Å². The third-order valence-electron chi connectivity index (χ3n) is 3.49. The number of rotatable bonds is 1. The van der Waals surface area contributed by atoms with Crippen molar-refractivity contribution in [3.8, 4) is 0 Å². The second-order valence-corrected chi connectivity index (χ2v) is 5.12. The molecule has 4 heteroatoms. The van der Waals surface area contributed by atoms with Gasteiger partial charge in [-0.3, -0.25) is 0 Å². The molecule has 2 aliphatic heterocycles. The molecule has 1 saturated carbocycles. The minimum Gasteiger partial charge on any atom is -0.389 e. The first-order valence-corrected chi connectivity index (χ1v) is 5.13. The first kappa shape index (κ1) is 10.2. The summed E-state index contributed by atoms with van der Waals surface area (Å²) < 4.78 is 0. The van der Waals surface area contributed by atoms with E-state index < -0.39 is 0 Å². The van der Waals surface area contributed by atoms with E-state index >= 15 is 0 Å². The lowest BCUT2D eigenvalue weighted by atomic mass is 9.98. The SMILES string of the molecule is CC1(C)CC(C2C3CNCC32)=NO1.Cl. The summed E-state index contributed by atoms with van der Waals surface area (Å²) in [5.41, 5.74) is 1.28. The normalized spacial score (nSPS) is 42.1. The quantitative estimate of drug-likeness (QED) is 0.720. The topological polar surface area (TPSA) is 33.6 Å². The van der Waals surface area contributed by atoms with Crippen LogP contribution in [0, 0.1) is 17.8 Å². The predicted octanol–water partition coefficient (Wildman–Crippen LogP) is 1.43. The molecular weight excluding hydrogens is 200 g/mol. The van der Waals surface area contributed by atoms with Crippen LogP contribution in [0.25, 0.3) is 0 Å². The average molecular weight is 217 g/mol. The molecule has 1 aliphatic carbocycles. The Morgan fingerprint density at radius 2 is 2.00 bits per heavy atom. The summed E-state index contributed by atoms with van der Waals surface area (Å²) in [6, 6.07) is 0. The summed E-state index contributed by atoms with van der Waals surface area (Å²) in [6.45, 7) is 6.60. The van der Waals surface area contributed by atoms with E-state index in [0.717, 1.165) is 24.2 Å². The predicted molar refractivity (Wildman–Crippen MR) is 57.8 cm³/mol. The minimum atomic E-state index is -0.0420. The van der Waals surface area contributed by atoms with Crippen molar-refractivity contribution in [2.24, 2.45) is 22.9 Å². The summed E-state index contributed by atoms with van der Waals surface area (Å²) in [6.07, 6.45) is 1.03. The molecule has 1 saturated heterocycles. The van der Waals surface area contributed by atoms with Crippen LogP contribution in [0.15, 0.2) is 5.16 Å². The Balaban J connectivity index is 0.000000750. The zero-order chi connectivity index (χ0) is 9.05. The Bertz CT molecular complexity index is 267. The molecule has 3 aliphatic rings. The van der Waals surface area contributed by atoms with Gasteiger partial charge in [0.15, 0.2) is 0 Å². The highest BCUT2D eigenvalue weighted by Gasteiger charge is 2.57. The van der Waals surface area contributed by atoms with Crippen molar-refractivity contribution in [2.75, 3.05) is 13.1 Å². The van der Waals surface area contributed by atoms with Gasteiger partial charge in [0.05, 0.1) is 5.71 Å². The fourth-order valence-electron chi connectivity index (χ4n) is 2.77. The molecular formula is C10H17ClN2O. The molecule has 0 spiro atoms. The fourth-order valence-corrected chi connectivity index (χ4v) is 2.77. The highest BCUT2D eigenvalue weighted by molar-refractivity contribution is 5.91. The monoisotopic (exact) mass is 216 g/mol. The lowest BCUT2D eigenvalue weighted by molar-refractivity contribution is 0.0123. The van der Waals surface area contributed by atoms with Gasteiger partial charge >= 0.3 is 0 Å². The molecule has 0 aromatic carbocycles. The Morgan fingerprint density at radius 3 is 2.50 bits per heavy atom. The molecule has 2 atom stereocenters. The molecule has 3 rings (SSSR count). The van der Waals surface area contributed by atoms with Gasteiger partial charge in [-0.25, -0.2) is 0 Å². The van der Waals surface area contributed by atoms with Crippen LogP contribution in [0.1, 0.15) is 20.3 Å². The van der Waals surface area contributed by atoms with Crippen LogP contribution < -0.4 is 5.32 Å². The number of fused-ring (bicyclic) bond motifs is 1. The number of oxime groups is 1. The molecule has 0 radical (unpaired) electrons. The third-order valence-corrected chi connectivity index (χ3v) is 3.49. The van der Waals surface area contributed by atoms with Gasteiger partial charge in [0.2, 0.25) is 0 Å². The molecule has 1 N–H and O–H groups in total. The van der Waals surface area contributed by atoms with Crippen LogP contribution in [-0.4, -0.2) is 24.4 Å². The maximum atomic E-state index is 5.39.